The lowest BCUT2D eigenvalue weighted by atomic mass is 10.1. The summed E-state index contributed by atoms with van der Waals surface area (Å²) in [6.07, 6.45) is 1.73. The van der Waals surface area contributed by atoms with Gasteiger partial charge in [0.2, 0.25) is 0 Å². The van der Waals surface area contributed by atoms with Gasteiger partial charge in [-0.2, -0.15) is 0 Å². The van der Waals surface area contributed by atoms with Crippen molar-refractivity contribution < 1.29 is 14.6 Å². The molecular formula is C15H23NO3. The van der Waals surface area contributed by atoms with Crippen LogP contribution in [0.5, 0.6) is 5.75 Å². The zero-order chi connectivity index (χ0) is 14.1. The van der Waals surface area contributed by atoms with E-state index in [9.17, 15) is 4.79 Å². The molecule has 0 amide bonds. The van der Waals surface area contributed by atoms with Crippen molar-refractivity contribution in [3.8, 4) is 5.75 Å². The van der Waals surface area contributed by atoms with Gasteiger partial charge in [-0.15, -0.1) is 0 Å². The lowest BCUT2D eigenvalue weighted by Gasteiger charge is -2.14. The van der Waals surface area contributed by atoms with Gasteiger partial charge in [0.15, 0.2) is 6.10 Å². The van der Waals surface area contributed by atoms with Crippen LogP contribution in [0.2, 0.25) is 0 Å². The largest absolute Gasteiger partial charge is 0.479 e. The first kappa shape index (κ1) is 15.5. The average molecular weight is 265 g/mol. The summed E-state index contributed by atoms with van der Waals surface area (Å²) in [6.45, 7) is 5.89. The third-order valence-electron chi connectivity index (χ3n) is 2.84. The Morgan fingerprint density at radius 3 is 2.79 bits per heavy atom. The van der Waals surface area contributed by atoms with Gasteiger partial charge in [-0.1, -0.05) is 26.0 Å². The molecule has 0 saturated carbocycles. The molecule has 106 valence electrons. The Hall–Kier alpha value is -1.55. The number of carboxylic acids is 1. The van der Waals surface area contributed by atoms with Crippen LogP contribution >= 0.6 is 0 Å². The molecule has 1 rings (SSSR count). The normalized spacial score (nSPS) is 12.1. The molecule has 0 aliphatic rings. The van der Waals surface area contributed by atoms with Gasteiger partial charge in [0, 0.05) is 0 Å². The van der Waals surface area contributed by atoms with E-state index in [1.807, 2.05) is 18.2 Å². The van der Waals surface area contributed by atoms with Gasteiger partial charge in [-0.25, -0.2) is 4.79 Å². The van der Waals surface area contributed by atoms with E-state index >= 15 is 0 Å². The lowest BCUT2D eigenvalue weighted by molar-refractivity contribution is -0.145. The van der Waals surface area contributed by atoms with Gasteiger partial charge >= 0.3 is 5.97 Å². The number of hydrogen-bond donors (Lipinski definition) is 2. The van der Waals surface area contributed by atoms with E-state index in [4.69, 9.17) is 9.84 Å². The maximum absolute atomic E-state index is 10.9. The van der Waals surface area contributed by atoms with Gasteiger partial charge in [0.05, 0.1) is 0 Å². The minimum absolute atomic E-state index is 0.456. The zero-order valence-electron chi connectivity index (χ0n) is 11.7. The molecule has 0 heterocycles. The van der Waals surface area contributed by atoms with Crippen molar-refractivity contribution in [1.82, 2.24) is 5.32 Å². The van der Waals surface area contributed by atoms with Crippen LogP contribution in [0.25, 0.3) is 0 Å². The zero-order valence-corrected chi connectivity index (χ0v) is 11.7. The van der Waals surface area contributed by atoms with E-state index in [1.54, 1.807) is 13.0 Å². The molecular weight excluding hydrogens is 242 g/mol. The fourth-order valence-corrected chi connectivity index (χ4v) is 1.78. The molecule has 0 spiro atoms. The second kappa shape index (κ2) is 8.53. The second-order valence-electron chi connectivity index (χ2n) is 4.50. The van der Waals surface area contributed by atoms with Crippen LogP contribution in [0.3, 0.4) is 0 Å². The first-order chi connectivity index (χ1) is 9.17. The third-order valence-corrected chi connectivity index (χ3v) is 2.84. The van der Waals surface area contributed by atoms with Gasteiger partial charge < -0.3 is 15.2 Å². The first-order valence-corrected chi connectivity index (χ1v) is 6.86. The minimum Gasteiger partial charge on any atom is -0.479 e. The van der Waals surface area contributed by atoms with Crippen LogP contribution in [-0.4, -0.2) is 30.3 Å². The van der Waals surface area contributed by atoms with Crippen molar-refractivity contribution in [2.75, 3.05) is 13.1 Å². The van der Waals surface area contributed by atoms with E-state index in [2.05, 4.69) is 12.2 Å². The third kappa shape index (κ3) is 5.75. The molecule has 4 nitrogen and oxygen atoms in total. The molecule has 2 N–H and O–H groups in total. The topological polar surface area (TPSA) is 58.6 Å². The number of aliphatic carboxylic acids is 1. The van der Waals surface area contributed by atoms with Crippen molar-refractivity contribution in [2.24, 2.45) is 0 Å². The van der Waals surface area contributed by atoms with Gasteiger partial charge in [0.1, 0.15) is 5.75 Å². The van der Waals surface area contributed by atoms with E-state index in [0.29, 0.717) is 12.2 Å². The molecule has 0 saturated heterocycles. The van der Waals surface area contributed by atoms with Gasteiger partial charge in [-0.3, -0.25) is 0 Å². The summed E-state index contributed by atoms with van der Waals surface area (Å²) in [7, 11) is 0. The predicted octanol–water partition coefficient (Wildman–Crippen LogP) is 2.47. The number of ether oxygens (including phenoxy) is 1. The van der Waals surface area contributed by atoms with Gasteiger partial charge in [-0.05, 0) is 50.0 Å². The first-order valence-electron chi connectivity index (χ1n) is 6.86. The van der Waals surface area contributed by atoms with E-state index in [0.717, 1.165) is 31.5 Å². The molecule has 1 aromatic rings. The summed E-state index contributed by atoms with van der Waals surface area (Å²) in [6, 6.07) is 7.65. The standard InChI is InChI=1S/C15H23NO3/c1-3-9-16-10-8-12-6-5-7-13(11-12)19-14(4-2)15(17)18/h5-7,11,14,16H,3-4,8-10H2,1-2H3,(H,17,18). The number of benzene rings is 1. The number of rotatable bonds is 9. The van der Waals surface area contributed by atoms with Gasteiger partial charge in [0.25, 0.3) is 0 Å². The molecule has 0 radical (unpaired) electrons. The molecule has 4 heteroatoms. The highest BCUT2D eigenvalue weighted by Crippen LogP contribution is 2.16. The van der Waals surface area contributed by atoms with Crippen molar-refractivity contribution in [1.29, 1.82) is 0 Å². The Morgan fingerprint density at radius 1 is 1.37 bits per heavy atom. The maximum atomic E-state index is 10.9. The quantitative estimate of drug-likeness (QED) is 0.673. The SMILES string of the molecule is CCCNCCc1cccc(OC(CC)C(=O)O)c1. The minimum atomic E-state index is -0.919. The summed E-state index contributed by atoms with van der Waals surface area (Å²) in [5.74, 6) is -0.292. The summed E-state index contributed by atoms with van der Waals surface area (Å²) < 4.78 is 5.47. The molecule has 0 fully saturated rings. The van der Waals surface area contributed by atoms with E-state index in [1.165, 1.54) is 0 Å². The summed E-state index contributed by atoms with van der Waals surface area (Å²) >= 11 is 0. The molecule has 1 aromatic carbocycles. The van der Waals surface area contributed by atoms with Crippen LogP contribution in [0.4, 0.5) is 0 Å². The Morgan fingerprint density at radius 2 is 2.16 bits per heavy atom. The smallest absolute Gasteiger partial charge is 0.344 e. The van der Waals surface area contributed by atoms with E-state index in [-0.39, 0.29) is 0 Å². The van der Waals surface area contributed by atoms with Crippen molar-refractivity contribution in [2.45, 2.75) is 39.2 Å². The average Bonchev–Trinajstić information content (AvgIpc) is 2.41. The van der Waals surface area contributed by atoms with Crippen molar-refractivity contribution in [3.05, 3.63) is 29.8 Å². The van der Waals surface area contributed by atoms with Crippen LogP contribution in [0.1, 0.15) is 32.3 Å². The number of carboxylic acid groups (broad SMARTS) is 1. The summed E-state index contributed by atoms with van der Waals surface area (Å²) in [4.78, 5) is 10.9. The maximum Gasteiger partial charge on any atom is 0.344 e. The van der Waals surface area contributed by atoms with Crippen LogP contribution in [-0.2, 0) is 11.2 Å². The fourth-order valence-electron chi connectivity index (χ4n) is 1.78. The fraction of sp³-hybridized carbons (Fsp3) is 0.533. The molecule has 0 bridgehead atoms. The second-order valence-corrected chi connectivity index (χ2v) is 4.50. The number of nitrogens with one attached hydrogen (secondary N) is 1. The Bertz CT molecular complexity index is 393. The Balaban J connectivity index is 2.53. The Labute approximate surface area is 114 Å². The molecule has 1 unspecified atom stereocenters. The molecule has 0 aromatic heterocycles. The highest BCUT2D eigenvalue weighted by atomic mass is 16.5. The number of carbonyl (C=O) groups is 1. The summed E-state index contributed by atoms with van der Waals surface area (Å²) in [5, 5.41) is 12.3. The monoisotopic (exact) mass is 265 g/mol. The number of hydrogen-bond acceptors (Lipinski definition) is 3. The Kier molecular flexibility index (Phi) is 6.97. The van der Waals surface area contributed by atoms with Crippen LogP contribution in [0.15, 0.2) is 24.3 Å². The van der Waals surface area contributed by atoms with Crippen LogP contribution in [0, 0.1) is 0 Å². The van der Waals surface area contributed by atoms with Crippen molar-refractivity contribution >= 4 is 5.97 Å². The molecule has 19 heavy (non-hydrogen) atoms. The lowest BCUT2D eigenvalue weighted by Crippen LogP contribution is -2.26. The molecule has 1 atom stereocenters. The predicted molar refractivity (Wildman–Crippen MR) is 75.6 cm³/mol. The van der Waals surface area contributed by atoms with Crippen LogP contribution < -0.4 is 10.1 Å². The highest BCUT2D eigenvalue weighted by Gasteiger charge is 2.16. The highest BCUT2D eigenvalue weighted by molar-refractivity contribution is 5.72. The summed E-state index contributed by atoms with van der Waals surface area (Å²) in [5.41, 5.74) is 1.15. The van der Waals surface area contributed by atoms with E-state index < -0.39 is 12.1 Å². The molecule has 0 aliphatic carbocycles. The molecule has 0 aliphatic heterocycles. The van der Waals surface area contributed by atoms with Crippen molar-refractivity contribution in [3.63, 3.8) is 0 Å².